The van der Waals surface area contributed by atoms with Crippen LogP contribution in [-0.4, -0.2) is 10.2 Å². The number of nitrogens with zero attached hydrogens (tertiary/aromatic N) is 2. The predicted molar refractivity (Wildman–Crippen MR) is 68.9 cm³/mol. The summed E-state index contributed by atoms with van der Waals surface area (Å²) < 4.78 is 37.2. The number of nitrogens with one attached hydrogen (secondary N) is 1. The number of rotatable bonds is 3. The van der Waals surface area contributed by atoms with Crippen LogP contribution >= 0.6 is 22.9 Å². The monoisotopic (exact) mass is 307 g/mol. The van der Waals surface area contributed by atoms with Crippen LogP contribution in [0.25, 0.3) is 0 Å². The molecule has 0 amide bonds. The average Bonchev–Trinajstić information content (AvgIpc) is 2.77. The van der Waals surface area contributed by atoms with Crippen LogP contribution in [0.2, 0.25) is 0 Å². The van der Waals surface area contributed by atoms with E-state index in [1.54, 1.807) is 31.2 Å². The molecule has 1 N–H and O–H groups in total. The molecule has 0 aliphatic heterocycles. The second kappa shape index (κ2) is 5.34. The number of alkyl halides is 4. The van der Waals surface area contributed by atoms with Gasteiger partial charge in [-0.1, -0.05) is 29.5 Å². The highest BCUT2D eigenvalue weighted by molar-refractivity contribution is 7.15. The summed E-state index contributed by atoms with van der Waals surface area (Å²) in [6.07, 6.45) is -4.48. The second-order valence-corrected chi connectivity index (χ2v) is 5.37. The molecule has 1 aromatic heterocycles. The van der Waals surface area contributed by atoms with Crippen molar-refractivity contribution in [3.05, 3.63) is 34.8 Å². The van der Waals surface area contributed by atoms with E-state index >= 15 is 0 Å². The van der Waals surface area contributed by atoms with Crippen LogP contribution in [0, 0.1) is 0 Å². The van der Waals surface area contributed by atoms with E-state index in [9.17, 15) is 13.2 Å². The highest BCUT2D eigenvalue weighted by atomic mass is 35.5. The second-order valence-electron chi connectivity index (χ2n) is 3.74. The molecule has 0 saturated carbocycles. The van der Waals surface area contributed by atoms with Crippen molar-refractivity contribution in [1.29, 1.82) is 0 Å². The average molecular weight is 308 g/mol. The van der Waals surface area contributed by atoms with Gasteiger partial charge in [0.2, 0.25) is 10.1 Å². The van der Waals surface area contributed by atoms with Gasteiger partial charge in [-0.15, -0.1) is 21.8 Å². The molecule has 0 fully saturated rings. The van der Waals surface area contributed by atoms with E-state index in [-0.39, 0.29) is 10.5 Å². The molecule has 1 atom stereocenters. The van der Waals surface area contributed by atoms with E-state index in [2.05, 4.69) is 15.5 Å². The number of para-hydroxylation sites is 1. The largest absolute Gasteiger partial charge is 0.445 e. The number of hydrogen-bond donors (Lipinski definition) is 1. The summed E-state index contributed by atoms with van der Waals surface area (Å²) in [5.41, 5.74) is 1.41. The predicted octanol–water partition coefficient (Wildman–Crippen LogP) is 4.60. The Bertz CT molecular complexity index is 568. The minimum atomic E-state index is -4.48. The molecule has 1 aromatic carbocycles. The van der Waals surface area contributed by atoms with E-state index < -0.39 is 11.2 Å². The lowest BCUT2D eigenvalue weighted by molar-refractivity contribution is -0.138. The maximum atomic E-state index is 12.4. The third-order valence-electron chi connectivity index (χ3n) is 2.30. The lowest BCUT2D eigenvalue weighted by Gasteiger charge is -2.10. The summed E-state index contributed by atoms with van der Waals surface area (Å²) >= 11 is 6.45. The fraction of sp³-hybridized carbons (Fsp3) is 0.273. The molecular formula is C11H9ClF3N3S. The first-order valence-corrected chi connectivity index (χ1v) is 6.54. The SMILES string of the molecule is CC(Cl)c1ccccc1Nc1nnc(C(F)(F)F)s1. The number of halogens is 4. The summed E-state index contributed by atoms with van der Waals surface area (Å²) in [6, 6.07) is 7.09. The molecule has 19 heavy (non-hydrogen) atoms. The van der Waals surface area contributed by atoms with E-state index in [1.807, 2.05) is 0 Å². The lowest BCUT2D eigenvalue weighted by Crippen LogP contribution is -2.03. The summed E-state index contributed by atoms with van der Waals surface area (Å²) in [4.78, 5) is 0. The van der Waals surface area contributed by atoms with Gasteiger partial charge in [-0.25, -0.2) is 0 Å². The third-order valence-corrected chi connectivity index (χ3v) is 3.42. The van der Waals surface area contributed by atoms with Crippen molar-refractivity contribution in [2.75, 3.05) is 5.32 Å². The van der Waals surface area contributed by atoms with Crippen LogP contribution in [0.4, 0.5) is 24.0 Å². The Balaban J connectivity index is 2.25. The van der Waals surface area contributed by atoms with E-state index in [4.69, 9.17) is 11.6 Å². The summed E-state index contributed by atoms with van der Waals surface area (Å²) in [6.45, 7) is 1.78. The van der Waals surface area contributed by atoms with Crippen LogP contribution in [0.15, 0.2) is 24.3 Å². The number of benzene rings is 1. The van der Waals surface area contributed by atoms with Crippen molar-refractivity contribution in [3.63, 3.8) is 0 Å². The van der Waals surface area contributed by atoms with Crippen molar-refractivity contribution < 1.29 is 13.2 Å². The maximum Gasteiger partial charge on any atom is 0.445 e. The van der Waals surface area contributed by atoms with Crippen LogP contribution in [0.3, 0.4) is 0 Å². The quantitative estimate of drug-likeness (QED) is 0.842. The summed E-state index contributed by atoms with van der Waals surface area (Å²) in [5.74, 6) is 0. The van der Waals surface area contributed by atoms with Gasteiger partial charge < -0.3 is 5.32 Å². The first-order valence-electron chi connectivity index (χ1n) is 5.28. The number of anilines is 2. The zero-order valence-electron chi connectivity index (χ0n) is 9.70. The maximum absolute atomic E-state index is 12.4. The minimum absolute atomic E-state index is 0.0806. The molecule has 2 aromatic rings. The van der Waals surface area contributed by atoms with Crippen LogP contribution in [0.1, 0.15) is 22.9 Å². The van der Waals surface area contributed by atoms with Gasteiger partial charge in [0.1, 0.15) is 0 Å². The Morgan fingerprint density at radius 3 is 2.53 bits per heavy atom. The molecule has 0 radical (unpaired) electrons. The number of hydrogen-bond acceptors (Lipinski definition) is 4. The van der Waals surface area contributed by atoms with Gasteiger partial charge in [0.25, 0.3) is 0 Å². The van der Waals surface area contributed by atoms with Crippen molar-refractivity contribution in [3.8, 4) is 0 Å². The van der Waals surface area contributed by atoms with E-state index in [0.717, 1.165) is 5.56 Å². The van der Waals surface area contributed by atoms with Gasteiger partial charge in [0.15, 0.2) is 0 Å². The lowest BCUT2D eigenvalue weighted by atomic mass is 10.1. The smallest absolute Gasteiger partial charge is 0.330 e. The molecule has 0 saturated heterocycles. The van der Waals surface area contributed by atoms with Gasteiger partial charge in [-0.05, 0) is 18.6 Å². The minimum Gasteiger partial charge on any atom is -0.330 e. The van der Waals surface area contributed by atoms with E-state index in [0.29, 0.717) is 17.0 Å². The van der Waals surface area contributed by atoms with Gasteiger partial charge in [0, 0.05) is 5.69 Å². The zero-order chi connectivity index (χ0) is 14.0. The van der Waals surface area contributed by atoms with Crippen LogP contribution in [-0.2, 0) is 6.18 Å². The normalized spacial score (nSPS) is 13.3. The third kappa shape index (κ3) is 3.36. The molecule has 0 bridgehead atoms. The van der Waals surface area contributed by atoms with E-state index in [1.165, 1.54) is 0 Å². The Morgan fingerprint density at radius 1 is 1.26 bits per heavy atom. The zero-order valence-corrected chi connectivity index (χ0v) is 11.3. The summed E-state index contributed by atoms with van der Waals surface area (Å²) in [7, 11) is 0. The molecule has 0 spiro atoms. The summed E-state index contributed by atoms with van der Waals surface area (Å²) in [5, 5.41) is 8.22. The first-order chi connectivity index (χ1) is 8.88. The molecule has 0 aliphatic carbocycles. The molecule has 3 nitrogen and oxygen atoms in total. The van der Waals surface area contributed by atoms with Crippen molar-refractivity contribution >= 4 is 33.8 Å². The Morgan fingerprint density at radius 2 is 1.95 bits per heavy atom. The van der Waals surface area contributed by atoms with Gasteiger partial charge in [-0.3, -0.25) is 0 Å². The molecule has 102 valence electrons. The molecule has 0 aliphatic rings. The van der Waals surface area contributed by atoms with Crippen molar-refractivity contribution in [1.82, 2.24) is 10.2 Å². The Kier molecular flexibility index (Phi) is 3.96. The van der Waals surface area contributed by atoms with Gasteiger partial charge in [0.05, 0.1) is 5.38 Å². The molecule has 1 unspecified atom stereocenters. The van der Waals surface area contributed by atoms with Crippen molar-refractivity contribution in [2.24, 2.45) is 0 Å². The highest BCUT2D eigenvalue weighted by Gasteiger charge is 2.35. The molecular weight excluding hydrogens is 299 g/mol. The Labute approximate surface area is 116 Å². The molecule has 1 heterocycles. The van der Waals surface area contributed by atoms with Crippen molar-refractivity contribution in [2.45, 2.75) is 18.5 Å². The van der Waals surface area contributed by atoms with Gasteiger partial charge in [-0.2, -0.15) is 13.2 Å². The van der Waals surface area contributed by atoms with Gasteiger partial charge >= 0.3 is 6.18 Å². The fourth-order valence-electron chi connectivity index (χ4n) is 1.46. The molecule has 8 heteroatoms. The fourth-order valence-corrected chi connectivity index (χ4v) is 2.27. The first kappa shape index (κ1) is 14.1. The standard InChI is InChI=1S/C11H9ClF3N3S/c1-6(12)7-4-2-3-5-8(7)16-10-18-17-9(19-10)11(13,14)15/h2-6H,1H3,(H,16,18). The van der Waals surface area contributed by atoms with Crippen LogP contribution < -0.4 is 5.32 Å². The van der Waals surface area contributed by atoms with Crippen LogP contribution in [0.5, 0.6) is 0 Å². The Hall–Kier alpha value is -1.34. The topological polar surface area (TPSA) is 37.8 Å². The number of aromatic nitrogens is 2. The highest BCUT2D eigenvalue weighted by Crippen LogP contribution is 2.35. The molecule has 2 rings (SSSR count).